The monoisotopic (exact) mass is 319 g/mol. The van der Waals surface area contributed by atoms with Crippen LogP contribution in [0, 0.1) is 0 Å². The smallest absolute Gasteiger partial charge is 0.248 e. The Kier molecular flexibility index (Phi) is 3.79. The van der Waals surface area contributed by atoms with Gasteiger partial charge >= 0.3 is 0 Å². The number of hydrogen-bond acceptors (Lipinski definition) is 3. The predicted molar refractivity (Wildman–Crippen MR) is 93.1 cm³/mol. The highest BCUT2D eigenvalue weighted by atomic mass is 16.7. The van der Waals surface area contributed by atoms with Crippen LogP contribution in [0.5, 0.6) is 11.5 Å². The molecule has 24 heavy (non-hydrogen) atoms. The number of amides is 1. The fraction of sp³-hybridized carbons (Fsp3) is 0.150. The van der Waals surface area contributed by atoms with Crippen molar-refractivity contribution in [1.29, 1.82) is 0 Å². The van der Waals surface area contributed by atoms with E-state index in [-0.39, 0.29) is 12.7 Å². The summed E-state index contributed by atoms with van der Waals surface area (Å²) in [4.78, 5) is 12.1. The number of allylic oxidation sites excluding steroid dienone is 2. The first-order valence-electron chi connectivity index (χ1n) is 7.95. The summed E-state index contributed by atoms with van der Waals surface area (Å²) in [5.74, 6) is 1.20. The minimum Gasteiger partial charge on any atom is -0.454 e. The number of hydrogen-bond donors (Lipinski definition) is 1. The van der Waals surface area contributed by atoms with E-state index in [2.05, 4.69) is 29.6 Å². The molecule has 0 spiro atoms. The molecule has 1 aliphatic carbocycles. The lowest BCUT2D eigenvalue weighted by atomic mass is 9.92. The van der Waals surface area contributed by atoms with Crippen molar-refractivity contribution in [2.75, 3.05) is 12.1 Å². The molecule has 0 saturated carbocycles. The quantitative estimate of drug-likeness (QED) is 0.872. The minimum atomic E-state index is -0.159. The van der Waals surface area contributed by atoms with Gasteiger partial charge in [0.2, 0.25) is 12.7 Å². The Bertz CT molecular complexity index is 852. The summed E-state index contributed by atoms with van der Waals surface area (Å²) in [6.45, 7) is 0.224. The molecule has 2 aliphatic rings. The van der Waals surface area contributed by atoms with E-state index in [0.29, 0.717) is 17.2 Å². The predicted octanol–water partition coefficient (Wildman–Crippen LogP) is 3.94. The normalized spacial score (nSPS) is 15.1. The van der Waals surface area contributed by atoms with Crippen LogP contribution in [0.1, 0.15) is 17.5 Å². The highest BCUT2D eigenvalue weighted by Crippen LogP contribution is 2.34. The van der Waals surface area contributed by atoms with Crippen LogP contribution < -0.4 is 14.8 Å². The lowest BCUT2D eigenvalue weighted by Gasteiger charge is -2.13. The van der Waals surface area contributed by atoms with Crippen molar-refractivity contribution < 1.29 is 14.3 Å². The van der Waals surface area contributed by atoms with Gasteiger partial charge in [0.1, 0.15) is 0 Å². The summed E-state index contributed by atoms with van der Waals surface area (Å²) in [6.07, 6.45) is 7.56. The molecule has 0 fully saturated rings. The van der Waals surface area contributed by atoms with Gasteiger partial charge in [-0.05, 0) is 41.7 Å². The van der Waals surface area contributed by atoms with Gasteiger partial charge in [-0.1, -0.05) is 36.4 Å². The van der Waals surface area contributed by atoms with Gasteiger partial charge in [0.05, 0.1) is 0 Å². The summed E-state index contributed by atoms with van der Waals surface area (Å²) in [5, 5.41) is 2.84. The Morgan fingerprint density at radius 2 is 1.92 bits per heavy atom. The first-order valence-corrected chi connectivity index (χ1v) is 7.95. The Balaban J connectivity index is 1.43. The van der Waals surface area contributed by atoms with Crippen LogP contribution in [0.2, 0.25) is 0 Å². The molecule has 120 valence electrons. The zero-order valence-corrected chi connectivity index (χ0v) is 13.1. The molecule has 0 radical (unpaired) electrons. The van der Waals surface area contributed by atoms with Crippen LogP contribution in [0.15, 0.2) is 60.2 Å². The first-order chi connectivity index (χ1) is 11.8. The van der Waals surface area contributed by atoms with Crippen molar-refractivity contribution in [3.63, 3.8) is 0 Å². The Hall–Kier alpha value is -3.01. The second-order valence-electron chi connectivity index (χ2n) is 5.81. The third kappa shape index (κ3) is 3.04. The molecule has 1 aliphatic heterocycles. The second kappa shape index (κ2) is 6.24. The fourth-order valence-electron chi connectivity index (χ4n) is 2.93. The van der Waals surface area contributed by atoms with E-state index in [1.54, 1.807) is 24.3 Å². The molecule has 0 unspecified atom stereocenters. The maximum absolute atomic E-state index is 12.1. The number of aryl methyl sites for hydroxylation is 1. The van der Waals surface area contributed by atoms with Crippen LogP contribution in [-0.2, 0) is 11.2 Å². The zero-order valence-electron chi connectivity index (χ0n) is 13.1. The standard InChI is InChI=1S/C20H17NO3/c22-20(21-17-8-9-18-19(12-17)24-13-23-18)10-6-14-5-7-15-3-1-2-4-16(15)11-14/h1-4,6,8-12H,5,7,13H2,(H,21,22)/b10-6+. The number of rotatable bonds is 3. The maximum Gasteiger partial charge on any atom is 0.248 e. The number of ether oxygens (including phenoxy) is 2. The van der Waals surface area contributed by atoms with E-state index in [9.17, 15) is 4.79 Å². The van der Waals surface area contributed by atoms with E-state index in [1.807, 2.05) is 12.1 Å². The van der Waals surface area contributed by atoms with Crippen molar-refractivity contribution in [2.24, 2.45) is 0 Å². The van der Waals surface area contributed by atoms with Gasteiger partial charge < -0.3 is 14.8 Å². The topological polar surface area (TPSA) is 47.6 Å². The molecule has 1 N–H and O–H groups in total. The van der Waals surface area contributed by atoms with Crippen LogP contribution in [0.3, 0.4) is 0 Å². The SMILES string of the molecule is O=C(/C=C/C1=Cc2ccccc2CC1)Nc1ccc2c(c1)OCO2. The summed E-state index contributed by atoms with van der Waals surface area (Å²) < 4.78 is 10.6. The molecular formula is C20H17NO3. The zero-order chi connectivity index (χ0) is 16.4. The molecule has 4 heteroatoms. The highest BCUT2D eigenvalue weighted by molar-refractivity contribution is 5.99. The van der Waals surface area contributed by atoms with E-state index < -0.39 is 0 Å². The molecule has 2 aromatic carbocycles. The summed E-state index contributed by atoms with van der Waals surface area (Å²) in [6, 6.07) is 13.7. The van der Waals surface area contributed by atoms with Crippen molar-refractivity contribution in [1.82, 2.24) is 0 Å². The fourth-order valence-corrected chi connectivity index (χ4v) is 2.93. The third-order valence-corrected chi connectivity index (χ3v) is 4.17. The molecule has 2 aromatic rings. The molecule has 4 nitrogen and oxygen atoms in total. The van der Waals surface area contributed by atoms with Gasteiger partial charge in [-0.25, -0.2) is 0 Å². The van der Waals surface area contributed by atoms with E-state index >= 15 is 0 Å². The van der Waals surface area contributed by atoms with E-state index in [4.69, 9.17) is 9.47 Å². The van der Waals surface area contributed by atoms with Gasteiger partial charge in [-0.15, -0.1) is 0 Å². The van der Waals surface area contributed by atoms with Crippen molar-refractivity contribution in [3.8, 4) is 11.5 Å². The average molecular weight is 319 g/mol. The van der Waals surface area contributed by atoms with Gasteiger partial charge in [-0.2, -0.15) is 0 Å². The number of benzene rings is 2. The van der Waals surface area contributed by atoms with Crippen LogP contribution in [0.25, 0.3) is 6.08 Å². The Morgan fingerprint density at radius 1 is 1.04 bits per heavy atom. The van der Waals surface area contributed by atoms with Gasteiger partial charge in [0, 0.05) is 17.8 Å². The van der Waals surface area contributed by atoms with Crippen molar-refractivity contribution in [3.05, 3.63) is 71.3 Å². The maximum atomic E-state index is 12.1. The summed E-state index contributed by atoms with van der Waals surface area (Å²) in [5.41, 5.74) is 4.45. The Morgan fingerprint density at radius 3 is 2.88 bits per heavy atom. The number of fused-ring (bicyclic) bond motifs is 2. The number of anilines is 1. The third-order valence-electron chi connectivity index (χ3n) is 4.17. The molecule has 0 bridgehead atoms. The molecule has 4 rings (SSSR count). The van der Waals surface area contributed by atoms with Gasteiger partial charge in [0.15, 0.2) is 11.5 Å². The first kappa shape index (κ1) is 14.6. The number of carbonyl (C=O) groups excluding carboxylic acids is 1. The van der Waals surface area contributed by atoms with E-state index in [1.165, 1.54) is 11.1 Å². The lowest BCUT2D eigenvalue weighted by molar-refractivity contribution is -0.111. The molecule has 0 saturated heterocycles. The summed E-state index contributed by atoms with van der Waals surface area (Å²) in [7, 11) is 0. The van der Waals surface area contributed by atoms with Gasteiger partial charge in [0.25, 0.3) is 0 Å². The second-order valence-corrected chi connectivity index (χ2v) is 5.81. The Labute approximate surface area is 140 Å². The largest absolute Gasteiger partial charge is 0.454 e. The summed E-state index contributed by atoms with van der Waals surface area (Å²) >= 11 is 0. The highest BCUT2D eigenvalue weighted by Gasteiger charge is 2.13. The molecule has 0 aromatic heterocycles. The minimum absolute atomic E-state index is 0.159. The van der Waals surface area contributed by atoms with Gasteiger partial charge in [-0.3, -0.25) is 4.79 Å². The average Bonchev–Trinajstić information content (AvgIpc) is 3.07. The van der Waals surface area contributed by atoms with Crippen LogP contribution in [0.4, 0.5) is 5.69 Å². The molecule has 1 heterocycles. The number of carbonyl (C=O) groups is 1. The van der Waals surface area contributed by atoms with Crippen LogP contribution >= 0.6 is 0 Å². The number of nitrogens with one attached hydrogen (secondary N) is 1. The molecular weight excluding hydrogens is 302 g/mol. The van der Waals surface area contributed by atoms with Crippen LogP contribution in [-0.4, -0.2) is 12.7 Å². The molecule has 0 atom stereocenters. The molecule has 1 amide bonds. The van der Waals surface area contributed by atoms with Crippen molar-refractivity contribution in [2.45, 2.75) is 12.8 Å². The van der Waals surface area contributed by atoms with E-state index in [0.717, 1.165) is 18.4 Å². The van der Waals surface area contributed by atoms with Crippen molar-refractivity contribution >= 4 is 17.7 Å². The lowest BCUT2D eigenvalue weighted by Crippen LogP contribution is -2.08.